The average Bonchev–Trinajstić information content (AvgIpc) is 3.53. The zero-order valence-corrected chi connectivity index (χ0v) is 18.2. The molecule has 10 heteroatoms. The summed E-state index contributed by atoms with van der Waals surface area (Å²) in [5, 5.41) is 0.420. The second-order valence-corrected chi connectivity index (χ2v) is 9.27. The SMILES string of the molecule is CC1(C)C(=O)N(CC(F)(F)F)c2cc(C3(C(=O)ON4C(=O)c5ccccc5C4=O)CC3)ccc21. The van der Waals surface area contributed by atoms with Crippen molar-refractivity contribution in [1.82, 2.24) is 5.06 Å². The van der Waals surface area contributed by atoms with Gasteiger partial charge in [-0.3, -0.25) is 14.4 Å². The highest BCUT2D eigenvalue weighted by Gasteiger charge is 2.56. The van der Waals surface area contributed by atoms with Crippen LogP contribution in [0.5, 0.6) is 0 Å². The van der Waals surface area contributed by atoms with Gasteiger partial charge in [-0.05, 0) is 56.0 Å². The van der Waals surface area contributed by atoms with Gasteiger partial charge >= 0.3 is 12.1 Å². The largest absolute Gasteiger partial charge is 0.406 e. The van der Waals surface area contributed by atoms with Gasteiger partial charge in [-0.15, -0.1) is 0 Å². The van der Waals surface area contributed by atoms with E-state index in [9.17, 15) is 32.3 Å². The molecule has 0 bridgehead atoms. The fraction of sp³-hybridized carbons (Fsp3) is 0.333. The molecule has 3 aliphatic rings. The summed E-state index contributed by atoms with van der Waals surface area (Å²) in [4.78, 5) is 56.8. The van der Waals surface area contributed by atoms with E-state index in [0.717, 1.165) is 0 Å². The summed E-state index contributed by atoms with van der Waals surface area (Å²) in [6.07, 6.45) is -3.96. The third-order valence-corrected chi connectivity index (χ3v) is 6.70. The second kappa shape index (κ2) is 6.91. The van der Waals surface area contributed by atoms with Crippen molar-refractivity contribution in [3.63, 3.8) is 0 Å². The Kier molecular flexibility index (Phi) is 4.49. The molecule has 0 N–H and O–H groups in total. The highest BCUT2D eigenvalue weighted by atomic mass is 19.4. The molecule has 34 heavy (non-hydrogen) atoms. The minimum absolute atomic E-state index is 0.0876. The van der Waals surface area contributed by atoms with E-state index in [1.807, 2.05) is 0 Å². The maximum Gasteiger partial charge on any atom is 0.406 e. The van der Waals surface area contributed by atoms with Crippen LogP contribution >= 0.6 is 0 Å². The number of halogens is 3. The molecule has 0 atom stereocenters. The highest BCUT2D eigenvalue weighted by molar-refractivity contribution is 6.21. The van der Waals surface area contributed by atoms with Gasteiger partial charge < -0.3 is 9.74 Å². The number of imide groups is 1. The van der Waals surface area contributed by atoms with Crippen molar-refractivity contribution in [3.05, 3.63) is 64.7 Å². The zero-order valence-electron chi connectivity index (χ0n) is 18.2. The molecule has 3 amide bonds. The molecule has 0 radical (unpaired) electrons. The van der Waals surface area contributed by atoms with Crippen LogP contribution in [0.25, 0.3) is 0 Å². The molecule has 0 saturated heterocycles. The molecule has 2 heterocycles. The fourth-order valence-corrected chi connectivity index (χ4v) is 4.64. The van der Waals surface area contributed by atoms with Crippen LogP contribution in [0.15, 0.2) is 42.5 Å². The van der Waals surface area contributed by atoms with Crippen LogP contribution in [0.4, 0.5) is 18.9 Å². The van der Waals surface area contributed by atoms with Gasteiger partial charge in [-0.25, -0.2) is 4.79 Å². The summed E-state index contributed by atoms with van der Waals surface area (Å²) in [7, 11) is 0. The molecule has 2 aliphatic heterocycles. The van der Waals surface area contributed by atoms with Crippen LogP contribution in [-0.2, 0) is 25.3 Å². The Morgan fingerprint density at radius 2 is 1.59 bits per heavy atom. The predicted molar refractivity (Wildman–Crippen MR) is 112 cm³/mol. The summed E-state index contributed by atoms with van der Waals surface area (Å²) in [5.41, 5.74) is -1.26. The third kappa shape index (κ3) is 3.12. The Labute approximate surface area is 192 Å². The number of hydrogen-bond acceptors (Lipinski definition) is 5. The summed E-state index contributed by atoms with van der Waals surface area (Å²) in [6.45, 7) is 1.65. The lowest BCUT2D eigenvalue weighted by Crippen LogP contribution is -2.41. The molecule has 1 aliphatic carbocycles. The van der Waals surface area contributed by atoms with Crippen molar-refractivity contribution >= 4 is 29.4 Å². The van der Waals surface area contributed by atoms with Crippen molar-refractivity contribution in [2.45, 2.75) is 43.7 Å². The molecule has 2 aromatic carbocycles. The minimum Gasteiger partial charge on any atom is -0.329 e. The van der Waals surface area contributed by atoms with Crippen LogP contribution in [0, 0.1) is 0 Å². The number of carbonyl (C=O) groups excluding carboxylic acids is 4. The highest BCUT2D eigenvalue weighted by Crippen LogP contribution is 2.52. The van der Waals surface area contributed by atoms with Crippen molar-refractivity contribution in [3.8, 4) is 0 Å². The second-order valence-electron chi connectivity index (χ2n) is 9.27. The quantitative estimate of drug-likeness (QED) is 0.635. The smallest absolute Gasteiger partial charge is 0.329 e. The van der Waals surface area contributed by atoms with Gasteiger partial charge in [0, 0.05) is 5.69 Å². The molecular weight excluding hydrogens is 453 g/mol. The van der Waals surface area contributed by atoms with E-state index in [1.165, 1.54) is 18.2 Å². The molecule has 5 rings (SSSR count). The number of hydrogen-bond donors (Lipinski definition) is 0. The Balaban J connectivity index is 1.45. The Morgan fingerprint density at radius 3 is 2.12 bits per heavy atom. The van der Waals surface area contributed by atoms with Gasteiger partial charge in [0.05, 0.1) is 22.0 Å². The lowest BCUT2D eigenvalue weighted by molar-refractivity contribution is -0.171. The maximum atomic E-state index is 13.2. The molecule has 0 spiro atoms. The van der Waals surface area contributed by atoms with E-state index < -0.39 is 47.2 Å². The van der Waals surface area contributed by atoms with Crippen LogP contribution in [0.1, 0.15) is 58.5 Å². The van der Waals surface area contributed by atoms with Gasteiger partial charge in [0.15, 0.2) is 0 Å². The van der Waals surface area contributed by atoms with Crippen LogP contribution < -0.4 is 4.90 Å². The molecule has 0 unspecified atom stereocenters. The number of amides is 3. The summed E-state index contributed by atoms with van der Waals surface area (Å²) in [5.74, 6) is -3.06. The number of carbonyl (C=O) groups is 4. The Bertz CT molecular complexity index is 1240. The molecule has 176 valence electrons. The standard InChI is InChI=1S/C24H19F3N2O5/c1-22(2)16-8-7-13(11-17(16)28(20(22)32)12-24(25,26)27)23(9-10-23)21(33)34-29-18(30)14-5-3-4-6-15(14)19(29)31/h3-8,11H,9-10,12H2,1-2H3. The van der Waals surface area contributed by atoms with Crippen LogP contribution in [0.3, 0.4) is 0 Å². The van der Waals surface area contributed by atoms with E-state index in [2.05, 4.69) is 0 Å². The number of fused-ring (bicyclic) bond motifs is 2. The van der Waals surface area contributed by atoms with Crippen molar-refractivity contribution < 1.29 is 37.2 Å². The molecule has 1 saturated carbocycles. The number of nitrogens with zero attached hydrogens (tertiary/aromatic N) is 2. The van der Waals surface area contributed by atoms with Gasteiger partial charge in [-0.1, -0.05) is 29.3 Å². The van der Waals surface area contributed by atoms with Gasteiger partial charge in [0.25, 0.3) is 11.8 Å². The number of benzene rings is 2. The third-order valence-electron chi connectivity index (χ3n) is 6.70. The number of alkyl halides is 3. The molecule has 2 aromatic rings. The number of hydroxylamine groups is 2. The van der Waals surface area contributed by atoms with E-state index >= 15 is 0 Å². The van der Waals surface area contributed by atoms with E-state index in [1.54, 1.807) is 38.1 Å². The van der Waals surface area contributed by atoms with Gasteiger partial charge in [0.1, 0.15) is 6.54 Å². The molecule has 1 fully saturated rings. The first-order chi connectivity index (χ1) is 15.9. The van der Waals surface area contributed by atoms with Crippen LogP contribution in [-0.4, -0.2) is 41.5 Å². The maximum absolute atomic E-state index is 13.2. The van der Waals surface area contributed by atoms with E-state index in [0.29, 0.717) is 33.9 Å². The Morgan fingerprint density at radius 1 is 1.00 bits per heavy atom. The summed E-state index contributed by atoms with van der Waals surface area (Å²) < 4.78 is 39.5. The lowest BCUT2D eigenvalue weighted by atomic mass is 9.84. The van der Waals surface area contributed by atoms with Crippen molar-refractivity contribution in [2.24, 2.45) is 0 Å². The molecule has 0 aromatic heterocycles. The summed E-state index contributed by atoms with van der Waals surface area (Å²) >= 11 is 0. The van der Waals surface area contributed by atoms with Crippen LogP contribution in [0.2, 0.25) is 0 Å². The number of rotatable bonds is 4. The van der Waals surface area contributed by atoms with E-state index in [-0.39, 0.29) is 16.8 Å². The first-order valence-electron chi connectivity index (χ1n) is 10.6. The Hall–Kier alpha value is -3.69. The average molecular weight is 472 g/mol. The first kappa shape index (κ1) is 22.1. The molecule has 7 nitrogen and oxygen atoms in total. The topological polar surface area (TPSA) is 84.0 Å². The minimum atomic E-state index is -4.61. The fourth-order valence-electron chi connectivity index (χ4n) is 4.64. The van der Waals surface area contributed by atoms with Gasteiger partial charge in [-0.2, -0.15) is 13.2 Å². The zero-order chi connectivity index (χ0) is 24.6. The summed E-state index contributed by atoms with van der Waals surface area (Å²) in [6, 6.07) is 10.6. The van der Waals surface area contributed by atoms with E-state index in [4.69, 9.17) is 4.84 Å². The number of anilines is 1. The van der Waals surface area contributed by atoms with Crippen molar-refractivity contribution in [1.29, 1.82) is 0 Å². The lowest BCUT2D eigenvalue weighted by Gasteiger charge is -2.22. The van der Waals surface area contributed by atoms with Crippen molar-refractivity contribution in [2.75, 3.05) is 11.4 Å². The predicted octanol–water partition coefficient (Wildman–Crippen LogP) is 3.66. The normalized spacial score (nSPS) is 19.9. The van der Waals surface area contributed by atoms with Gasteiger partial charge in [0.2, 0.25) is 5.91 Å². The molecular formula is C24H19F3N2O5. The first-order valence-corrected chi connectivity index (χ1v) is 10.6. The monoisotopic (exact) mass is 472 g/mol.